The number of carbonyl (C=O) groups is 1. The van der Waals surface area contributed by atoms with Crippen LogP contribution < -0.4 is 10.1 Å². The van der Waals surface area contributed by atoms with Crippen LogP contribution in [0.25, 0.3) is 0 Å². The fourth-order valence-corrected chi connectivity index (χ4v) is 3.86. The minimum absolute atomic E-state index is 0.0181. The van der Waals surface area contributed by atoms with Gasteiger partial charge in [-0.05, 0) is 56.6 Å². The lowest BCUT2D eigenvalue weighted by molar-refractivity contribution is 0.0933. The van der Waals surface area contributed by atoms with Crippen LogP contribution in [-0.4, -0.2) is 37.0 Å². The molecule has 1 aromatic heterocycles. The van der Waals surface area contributed by atoms with Gasteiger partial charge in [-0.2, -0.15) is 0 Å². The zero-order valence-electron chi connectivity index (χ0n) is 15.3. The number of likely N-dealkylation sites (tertiary alicyclic amines) is 1. The van der Waals surface area contributed by atoms with E-state index in [1.54, 1.807) is 18.4 Å². The fraction of sp³-hybridized carbons (Fsp3) is 0.450. The Hall–Kier alpha value is -1.69. The highest BCUT2D eigenvalue weighted by molar-refractivity contribution is 6.37. The molecule has 2 aromatic rings. The Balaban J connectivity index is 1.68. The SMILES string of the molecule is CCCOc1c(Cl)cc(C(=O)NC[C@H](c2ccco2)N2CCCC2)cc1Cl. The number of hydrogen-bond donors (Lipinski definition) is 1. The lowest BCUT2D eigenvalue weighted by Crippen LogP contribution is -2.36. The lowest BCUT2D eigenvalue weighted by atomic mass is 10.1. The van der Waals surface area contributed by atoms with Crippen LogP contribution in [0, 0.1) is 0 Å². The number of benzene rings is 1. The molecule has 0 spiro atoms. The first-order valence-electron chi connectivity index (χ1n) is 9.27. The molecule has 7 heteroatoms. The van der Waals surface area contributed by atoms with E-state index in [0.717, 1.165) is 38.1 Å². The Bertz CT molecular complexity index is 736. The molecule has 27 heavy (non-hydrogen) atoms. The Morgan fingerprint density at radius 1 is 1.30 bits per heavy atom. The topological polar surface area (TPSA) is 54.7 Å². The summed E-state index contributed by atoms with van der Waals surface area (Å²) in [5, 5.41) is 3.66. The van der Waals surface area contributed by atoms with Crippen molar-refractivity contribution in [3.8, 4) is 5.75 Å². The molecule has 0 radical (unpaired) electrons. The van der Waals surface area contributed by atoms with Crippen molar-refractivity contribution >= 4 is 29.1 Å². The van der Waals surface area contributed by atoms with Gasteiger partial charge in [0.05, 0.1) is 29.0 Å². The largest absolute Gasteiger partial charge is 0.490 e. The summed E-state index contributed by atoms with van der Waals surface area (Å²) in [4.78, 5) is 15.0. The normalized spacial score (nSPS) is 15.7. The summed E-state index contributed by atoms with van der Waals surface area (Å²) in [5.41, 5.74) is 0.411. The van der Waals surface area contributed by atoms with E-state index in [9.17, 15) is 4.79 Å². The van der Waals surface area contributed by atoms with E-state index in [1.165, 1.54) is 0 Å². The van der Waals surface area contributed by atoms with Gasteiger partial charge >= 0.3 is 0 Å². The third-order valence-corrected chi connectivity index (χ3v) is 5.18. The molecule has 146 valence electrons. The van der Waals surface area contributed by atoms with Crippen molar-refractivity contribution in [1.82, 2.24) is 10.2 Å². The van der Waals surface area contributed by atoms with E-state index in [1.807, 2.05) is 19.1 Å². The number of halogens is 2. The Labute approximate surface area is 169 Å². The third-order valence-electron chi connectivity index (χ3n) is 4.62. The van der Waals surface area contributed by atoms with Gasteiger partial charge in [-0.1, -0.05) is 30.1 Å². The van der Waals surface area contributed by atoms with Crippen LogP contribution >= 0.6 is 23.2 Å². The molecule has 1 aromatic carbocycles. The van der Waals surface area contributed by atoms with Gasteiger partial charge in [0, 0.05) is 12.1 Å². The number of amides is 1. The number of furan rings is 1. The zero-order chi connectivity index (χ0) is 19.2. The van der Waals surface area contributed by atoms with Crippen LogP contribution in [0.5, 0.6) is 5.75 Å². The molecule has 0 bridgehead atoms. The summed E-state index contributed by atoms with van der Waals surface area (Å²) >= 11 is 12.5. The van der Waals surface area contributed by atoms with Crippen molar-refractivity contribution in [1.29, 1.82) is 0 Å². The Kier molecular flexibility index (Phi) is 7.05. The van der Waals surface area contributed by atoms with Crippen molar-refractivity contribution in [3.05, 3.63) is 51.9 Å². The highest BCUT2D eigenvalue weighted by atomic mass is 35.5. The molecule has 1 fully saturated rings. The van der Waals surface area contributed by atoms with Crippen LogP contribution in [-0.2, 0) is 0 Å². The standard InChI is InChI=1S/C20H24Cl2N2O3/c1-2-9-27-19-15(21)11-14(12-16(19)22)20(25)23-13-17(18-6-5-10-26-18)24-7-3-4-8-24/h5-6,10-12,17H,2-4,7-9,13H2,1H3,(H,23,25)/t17-/m1/s1. The van der Waals surface area contributed by atoms with Crippen molar-refractivity contribution < 1.29 is 13.9 Å². The predicted molar refractivity (Wildman–Crippen MR) is 107 cm³/mol. The number of rotatable bonds is 8. The van der Waals surface area contributed by atoms with E-state index in [-0.39, 0.29) is 11.9 Å². The number of hydrogen-bond acceptors (Lipinski definition) is 4. The molecule has 1 aliphatic heterocycles. The molecule has 3 rings (SSSR count). The van der Waals surface area contributed by atoms with Crippen molar-refractivity contribution in [2.75, 3.05) is 26.2 Å². The van der Waals surface area contributed by atoms with Gasteiger partial charge in [0.15, 0.2) is 5.75 Å². The smallest absolute Gasteiger partial charge is 0.251 e. The molecule has 1 N–H and O–H groups in total. The van der Waals surface area contributed by atoms with Gasteiger partial charge in [0.25, 0.3) is 5.91 Å². The minimum Gasteiger partial charge on any atom is -0.490 e. The number of nitrogens with one attached hydrogen (secondary N) is 1. The fourth-order valence-electron chi connectivity index (χ4n) is 3.27. The summed E-state index contributed by atoms with van der Waals surface area (Å²) in [7, 11) is 0. The molecule has 2 heterocycles. The van der Waals surface area contributed by atoms with Gasteiger partial charge in [0.2, 0.25) is 0 Å². The van der Waals surface area contributed by atoms with Crippen LogP contribution in [0.15, 0.2) is 34.9 Å². The molecule has 0 unspecified atom stereocenters. The summed E-state index contributed by atoms with van der Waals surface area (Å²) in [6, 6.07) is 7.01. The predicted octanol–water partition coefficient (Wildman–Crippen LogP) is 4.94. The van der Waals surface area contributed by atoms with E-state index < -0.39 is 0 Å². The van der Waals surface area contributed by atoms with Crippen LogP contribution in [0.2, 0.25) is 10.0 Å². The molecule has 0 saturated carbocycles. The molecular formula is C20H24Cl2N2O3. The highest BCUT2D eigenvalue weighted by Gasteiger charge is 2.26. The second-order valence-corrected chi connectivity index (χ2v) is 7.42. The van der Waals surface area contributed by atoms with E-state index >= 15 is 0 Å². The van der Waals surface area contributed by atoms with Gasteiger partial charge in [-0.3, -0.25) is 9.69 Å². The average Bonchev–Trinajstić information content (AvgIpc) is 3.35. The molecule has 1 saturated heterocycles. The Morgan fingerprint density at radius 3 is 2.59 bits per heavy atom. The monoisotopic (exact) mass is 410 g/mol. The maximum absolute atomic E-state index is 12.6. The Morgan fingerprint density at radius 2 is 2.00 bits per heavy atom. The van der Waals surface area contributed by atoms with Crippen molar-refractivity contribution in [2.24, 2.45) is 0 Å². The zero-order valence-corrected chi connectivity index (χ0v) is 16.9. The molecule has 1 aliphatic rings. The van der Waals surface area contributed by atoms with Gasteiger partial charge < -0.3 is 14.5 Å². The van der Waals surface area contributed by atoms with Crippen LogP contribution in [0.3, 0.4) is 0 Å². The quantitative estimate of drug-likeness (QED) is 0.669. The summed E-state index contributed by atoms with van der Waals surface area (Å²) in [6.45, 7) is 4.98. The van der Waals surface area contributed by atoms with Crippen LogP contribution in [0.4, 0.5) is 0 Å². The first-order chi connectivity index (χ1) is 13.1. The van der Waals surface area contributed by atoms with Crippen molar-refractivity contribution in [3.63, 3.8) is 0 Å². The summed E-state index contributed by atoms with van der Waals surface area (Å²) < 4.78 is 11.1. The molecular weight excluding hydrogens is 387 g/mol. The minimum atomic E-state index is -0.225. The summed E-state index contributed by atoms with van der Waals surface area (Å²) in [5.74, 6) is 1.05. The van der Waals surface area contributed by atoms with Crippen molar-refractivity contribution in [2.45, 2.75) is 32.2 Å². The number of carbonyl (C=O) groups excluding carboxylic acids is 1. The number of ether oxygens (including phenoxy) is 1. The molecule has 1 amide bonds. The van der Waals surface area contributed by atoms with Crippen LogP contribution in [0.1, 0.15) is 48.3 Å². The highest BCUT2D eigenvalue weighted by Crippen LogP contribution is 2.34. The lowest BCUT2D eigenvalue weighted by Gasteiger charge is -2.26. The van der Waals surface area contributed by atoms with E-state index in [4.69, 9.17) is 32.4 Å². The molecule has 1 atom stereocenters. The van der Waals surface area contributed by atoms with E-state index in [2.05, 4.69) is 10.2 Å². The summed E-state index contributed by atoms with van der Waals surface area (Å²) in [6.07, 6.45) is 4.83. The van der Waals surface area contributed by atoms with Gasteiger partial charge in [0.1, 0.15) is 5.76 Å². The third kappa shape index (κ3) is 4.98. The van der Waals surface area contributed by atoms with E-state index in [0.29, 0.717) is 34.5 Å². The second-order valence-electron chi connectivity index (χ2n) is 6.60. The average molecular weight is 411 g/mol. The van der Waals surface area contributed by atoms with Gasteiger partial charge in [-0.15, -0.1) is 0 Å². The second kappa shape index (κ2) is 9.49. The number of nitrogens with zero attached hydrogens (tertiary/aromatic N) is 1. The molecule has 5 nitrogen and oxygen atoms in total. The maximum atomic E-state index is 12.6. The maximum Gasteiger partial charge on any atom is 0.251 e. The molecule has 0 aliphatic carbocycles. The van der Waals surface area contributed by atoms with Gasteiger partial charge in [-0.25, -0.2) is 0 Å². The first-order valence-corrected chi connectivity index (χ1v) is 10.0. The first kappa shape index (κ1) is 20.1.